The van der Waals surface area contributed by atoms with E-state index in [0.717, 1.165) is 49.3 Å². The highest BCUT2D eigenvalue weighted by molar-refractivity contribution is 7.80. The first-order chi connectivity index (χ1) is 9.67. The van der Waals surface area contributed by atoms with Gasteiger partial charge in [-0.3, -0.25) is 0 Å². The minimum atomic E-state index is 0.323. The van der Waals surface area contributed by atoms with Crippen LogP contribution in [0.25, 0.3) is 0 Å². The molecule has 0 aromatic carbocycles. The molecule has 1 fully saturated rings. The van der Waals surface area contributed by atoms with Crippen molar-refractivity contribution in [3.05, 3.63) is 16.8 Å². The zero-order chi connectivity index (χ0) is 14.5. The monoisotopic (exact) mass is 295 g/mol. The van der Waals surface area contributed by atoms with Crippen molar-refractivity contribution in [2.45, 2.75) is 33.1 Å². The van der Waals surface area contributed by atoms with Crippen LogP contribution in [-0.4, -0.2) is 35.0 Å². The Morgan fingerprint density at radius 1 is 1.40 bits per heavy atom. The summed E-state index contributed by atoms with van der Waals surface area (Å²) in [6, 6.07) is 0. The third-order valence-electron chi connectivity index (χ3n) is 3.54. The van der Waals surface area contributed by atoms with E-state index in [1.165, 1.54) is 0 Å². The molecule has 5 nitrogen and oxygen atoms in total. The Hall–Kier alpha value is -1.27. The van der Waals surface area contributed by atoms with E-state index in [-0.39, 0.29) is 0 Å². The van der Waals surface area contributed by atoms with Gasteiger partial charge in [-0.15, -0.1) is 5.10 Å². The molecule has 2 rings (SSSR count). The third-order valence-corrected chi connectivity index (χ3v) is 3.74. The van der Waals surface area contributed by atoms with Gasteiger partial charge >= 0.3 is 0 Å². The molecule has 1 saturated heterocycles. The number of aryl methyl sites for hydroxylation is 1. The van der Waals surface area contributed by atoms with Gasteiger partial charge in [0.05, 0.1) is 24.5 Å². The van der Waals surface area contributed by atoms with Crippen LogP contribution in [0.1, 0.15) is 37.1 Å². The van der Waals surface area contributed by atoms with Gasteiger partial charge in [-0.2, -0.15) is 5.10 Å². The Morgan fingerprint density at radius 3 is 2.75 bits per heavy atom. The van der Waals surface area contributed by atoms with Crippen LogP contribution in [0, 0.1) is 5.92 Å². The summed E-state index contributed by atoms with van der Waals surface area (Å²) in [7, 11) is 0. The molecule has 1 atom stereocenters. The zero-order valence-corrected chi connectivity index (χ0v) is 12.8. The quantitative estimate of drug-likeness (QED) is 0.805. The summed E-state index contributed by atoms with van der Waals surface area (Å²) >= 11 is 5.17. The molecule has 0 amide bonds. The van der Waals surface area contributed by atoms with Crippen molar-refractivity contribution in [3.8, 4) is 5.88 Å². The molecule has 0 spiro atoms. The maximum absolute atomic E-state index is 5.86. The number of nitrogens with zero attached hydrogens (tertiary/aromatic N) is 2. The fourth-order valence-electron chi connectivity index (χ4n) is 2.42. The van der Waals surface area contributed by atoms with Crippen molar-refractivity contribution >= 4 is 17.2 Å². The molecule has 1 aromatic heterocycles. The largest absolute Gasteiger partial charge is 0.476 e. The Morgan fingerprint density at radius 2 is 2.20 bits per heavy atom. The van der Waals surface area contributed by atoms with Crippen molar-refractivity contribution in [2.24, 2.45) is 11.7 Å². The first-order valence-corrected chi connectivity index (χ1v) is 7.46. The summed E-state index contributed by atoms with van der Waals surface area (Å²) in [6.45, 7) is 6.22. The van der Waals surface area contributed by atoms with Crippen molar-refractivity contribution in [1.29, 1.82) is 0 Å². The van der Waals surface area contributed by atoms with Crippen molar-refractivity contribution in [1.82, 2.24) is 10.2 Å². The Kier molecular flexibility index (Phi) is 5.25. The van der Waals surface area contributed by atoms with Crippen molar-refractivity contribution in [2.75, 3.05) is 19.8 Å². The topological polar surface area (TPSA) is 70.3 Å². The Labute approximate surface area is 124 Å². The lowest BCUT2D eigenvalue weighted by atomic mass is 10.0. The SMILES string of the molecule is CCc1nnc(OCC2CCOC2)c(C(N)=S)c1CC. The molecule has 0 saturated carbocycles. The normalized spacial score (nSPS) is 18.2. The standard InChI is InChI=1S/C14H21N3O2S/c1-3-10-11(4-2)16-17-14(12(10)13(15)20)19-8-9-5-6-18-7-9/h9H,3-8H2,1-2H3,(H2,15,20). The molecule has 0 aliphatic carbocycles. The van der Waals surface area contributed by atoms with E-state index in [1.54, 1.807) is 0 Å². The van der Waals surface area contributed by atoms with Crippen LogP contribution in [0.4, 0.5) is 0 Å². The van der Waals surface area contributed by atoms with Gasteiger partial charge < -0.3 is 15.2 Å². The molecule has 0 bridgehead atoms. The van der Waals surface area contributed by atoms with Crippen LogP contribution in [0.3, 0.4) is 0 Å². The molecule has 1 unspecified atom stereocenters. The Balaban J connectivity index is 2.24. The van der Waals surface area contributed by atoms with E-state index in [2.05, 4.69) is 17.1 Å². The molecule has 2 N–H and O–H groups in total. The van der Waals surface area contributed by atoms with E-state index in [9.17, 15) is 0 Å². The van der Waals surface area contributed by atoms with Crippen LogP contribution < -0.4 is 10.5 Å². The summed E-state index contributed by atoms with van der Waals surface area (Å²) in [5.41, 5.74) is 8.59. The summed E-state index contributed by atoms with van der Waals surface area (Å²) in [5, 5.41) is 8.39. The molecule has 0 radical (unpaired) electrons. The molecule has 1 aliphatic heterocycles. The fourth-order valence-corrected chi connectivity index (χ4v) is 2.63. The molecular weight excluding hydrogens is 274 g/mol. The predicted molar refractivity (Wildman–Crippen MR) is 81.1 cm³/mol. The zero-order valence-electron chi connectivity index (χ0n) is 12.0. The first-order valence-electron chi connectivity index (χ1n) is 7.06. The number of thiocarbonyl (C=S) groups is 1. The minimum Gasteiger partial charge on any atom is -0.476 e. The third kappa shape index (κ3) is 3.24. The summed E-state index contributed by atoms with van der Waals surface area (Å²) in [6.07, 6.45) is 2.64. The molecule has 1 aromatic rings. The van der Waals surface area contributed by atoms with Crippen LogP contribution in [0.15, 0.2) is 0 Å². The number of hydrogen-bond donors (Lipinski definition) is 1. The van der Waals surface area contributed by atoms with Crippen LogP contribution in [0.2, 0.25) is 0 Å². The van der Waals surface area contributed by atoms with E-state index in [1.807, 2.05) is 6.92 Å². The van der Waals surface area contributed by atoms with E-state index < -0.39 is 0 Å². The summed E-state index contributed by atoms with van der Waals surface area (Å²) in [5.74, 6) is 0.866. The Bertz CT molecular complexity index is 488. The lowest BCUT2D eigenvalue weighted by Crippen LogP contribution is -2.20. The molecule has 20 heavy (non-hydrogen) atoms. The van der Waals surface area contributed by atoms with Crippen LogP contribution >= 0.6 is 12.2 Å². The number of aromatic nitrogens is 2. The highest BCUT2D eigenvalue weighted by atomic mass is 32.1. The second-order valence-electron chi connectivity index (χ2n) is 4.92. The van der Waals surface area contributed by atoms with E-state index in [4.69, 9.17) is 27.4 Å². The average Bonchev–Trinajstić information content (AvgIpc) is 2.96. The second-order valence-corrected chi connectivity index (χ2v) is 5.36. The van der Waals surface area contributed by atoms with Crippen LogP contribution in [-0.2, 0) is 17.6 Å². The van der Waals surface area contributed by atoms with Crippen LogP contribution in [0.5, 0.6) is 5.88 Å². The number of hydrogen-bond acceptors (Lipinski definition) is 5. The maximum atomic E-state index is 5.86. The van der Waals surface area contributed by atoms with Gasteiger partial charge in [-0.25, -0.2) is 0 Å². The van der Waals surface area contributed by atoms with Crippen molar-refractivity contribution < 1.29 is 9.47 Å². The van der Waals surface area contributed by atoms with E-state index >= 15 is 0 Å². The molecule has 1 aliphatic rings. The molecule has 110 valence electrons. The number of nitrogens with two attached hydrogens (primary N) is 1. The van der Waals surface area contributed by atoms with Gasteiger partial charge in [-0.05, 0) is 24.8 Å². The van der Waals surface area contributed by atoms with Gasteiger partial charge in [0.1, 0.15) is 4.99 Å². The number of ether oxygens (including phenoxy) is 2. The van der Waals surface area contributed by atoms with Gasteiger partial charge in [0, 0.05) is 12.5 Å². The van der Waals surface area contributed by atoms with Gasteiger partial charge in [0.15, 0.2) is 0 Å². The predicted octanol–water partition coefficient (Wildman–Crippen LogP) is 1.65. The van der Waals surface area contributed by atoms with E-state index in [0.29, 0.717) is 23.4 Å². The first kappa shape index (κ1) is 15.1. The highest BCUT2D eigenvalue weighted by Crippen LogP contribution is 2.24. The summed E-state index contributed by atoms with van der Waals surface area (Å²) < 4.78 is 11.1. The lowest BCUT2D eigenvalue weighted by molar-refractivity contribution is 0.165. The smallest absolute Gasteiger partial charge is 0.244 e. The maximum Gasteiger partial charge on any atom is 0.244 e. The summed E-state index contributed by atoms with van der Waals surface area (Å²) in [4.78, 5) is 0.323. The average molecular weight is 295 g/mol. The molecule has 6 heteroatoms. The fraction of sp³-hybridized carbons (Fsp3) is 0.643. The number of rotatable bonds is 6. The lowest BCUT2D eigenvalue weighted by Gasteiger charge is -2.16. The van der Waals surface area contributed by atoms with Gasteiger partial charge in [0.25, 0.3) is 0 Å². The molecular formula is C14H21N3O2S. The second kappa shape index (κ2) is 6.95. The molecule has 2 heterocycles. The van der Waals surface area contributed by atoms with Gasteiger partial charge in [0.2, 0.25) is 5.88 Å². The van der Waals surface area contributed by atoms with Gasteiger partial charge in [-0.1, -0.05) is 26.1 Å². The van der Waals surface area contributed by atoms with Crippen molar-refractivity contribution in [3.63, 3.8) is 0 Å². The highest BCUT2D eigenvalue weighted by Gasteiger charge is 2.21. The minimum absolute atomic E-state index is 0.323.